The van der Waals surface area contributed by atoms with Gasteiger partial charge >= 0.3 is 6.03 Å². The second-order valence-electron chi connectivity index (χ2n) is 5.03. The van der Waals surface area contributed by atoms with Crippen molar-refractivity contribution in [3.8, 4) is 11.5 Å². The molecular weight excluding hydrogens is 244 g/mol. The first kappa shape index (κ1) is 12.1. The summed E-state index contributed by atoms with van der Waals surface area (Å²) in [7, 11) is 0. The molecule has 1 fully saturated rings. The van der Waals surface area contributed by atoms with Gasteiger partial charge in [0.05, 0.1) is 6.54 Å². The first-order valence-electron chi connectivity index (χ1n) is 6.71. The van der Waals surface area contributed by atoms with Gasteiger partial charge in [0, 0.05) is 6.54 Å². The van der Waals surface area contributed by atoms with Crippen molar-refractivity contribution in [1.82, 2.24) is 10.6 Å². The first-order valence-corrected chi connectivity index (χ1v) is 6.71. The third-order valence-electron chi connectivity index (χ3n) is 3.31. The number of ether oxygens (including phenoxy) is 2. The first-order chi connectivity index (χ1) is 9.31. The number of carbonyl (C=O) groups is 1. The Morgan fingerprint density at radius 1 is 1.16 bits per heavy atom. The summed E-state index contributed by atoms with van der Waals surface area (Å²) in [4.78, 5) is 11.5. The molecule has 2 N–H and O–H groups in total. The van der Waals surface area contributed by atoms with Crippen LogP contribution in [-0.2, 0) is 0 Å². The molecule has 1 atom stereocenters. The molecule has 19 heavy (non-hydrogen) atoms. The number of nitrogens with one attached hydrogen (secondary N) is 2. The summed E-state index contributed by atoms with van der Waals surface area (Å²) in [5.74, 6) is 2.18. The van der Waals surface area contributed by atoms with Gasteiger partial charge in [-0.05, 0) is 30.9 Å². The van der Waals surface area contributed by atoms with Crippen LogP contribution in [0, 0.1) is 5.92 Å². The molecule has 0 spiro atoms. The van der Waals surface area contributed by atoms with E-state index in [1.54, 1.807) is 0 Å². The second-order valence-corrected chi connectivity index (χ2v) is 5.03. The Bertz CT molecular complexity index is 460. The van der Waals surface area contributed by atoms with Crippen LogP contribution < -0.4 is 20.1 Å². The molecule has 1 aromatic rings. The van der Waals surface area contributed by atoms with E-state index in [-0.39, 0.29) is 12.1 Å². The fourth-order valence-corrected chi connectivity index (χ4v) is 1.99. The average Bonchev–Trinajstić information content (AvgIpc) is 3.27. The Labute approximate surface area is 112 Å². The van der Waals surface area contributed by atoms with Gasteiger partial charge in [0.15, 0.2) is 17.6 Å². The molecule has 0 aromatic heterocycles. The SMILES string of the molecule is O=C(NCC1CC1)NCC1COc2ccccc2O1. The molecule has 0 radical (unpaired) electrons. The molecule has 5 nitrogen and oxygen atoms in total. The predicted octanol–water partition coefficient (Wildman–Crippen LogP) is 1.54. The normalized spacial score (nSPS) is 20.7. The molecule has 0 saturated heterocycles. The largest absolute Gasteiger partial charge is 0.486 e. The number of amides is 2. The molecule has 0 bridgehead atoms. The van der Waals surface area contributed by atoms with E-state index in [0.717, 1.165) is 18.0 Å². The monoisotopic (exact) mass is 262 g/mol. The predicted molar refractivity (Wildman–Crippen MR) is 70.5 cm³/mol. The van der Waals surface area contributed by atoms with E-state index in [9.17, 15) is 4.79 Å². The van der Waals surface area contributed by atoms with E-state index in [1.165, 1.54) is 12.8 Å². The Hall–Kier alpha value is -1.91. The lowest BCUT2D eigenvalue weighted by molar-refractivity contribution is 0.0918. The number of fused-ring (bicyclic) bond motifs is 1. The lowest BCUT2D eigenvalue weighted by Gasteiger charge is -2.26. The number of para-hydroxylation sites is 2. The minimum Gasteiger partial charge on any atom is -0.486 e. The Kier molecular flexibility index (Phi) is 3.44. The number of hydrogen-bond donors (Lipinski definition) is 2. The third-order valence-corrected chi connectivity index (χ3v) is 3.31. The van der Waals surface area contributed by atoms with Gasteiger partial charge in [-0.2, -0.15) is 0 Å². The summed E-state index contributed by atoms with van der Waals surface area (Å²) < 4.78 is 11.3. The minimum absolute atomic E-state index is 0.130. The van der Waals surface area contributed by atoms with Crippen molar-refractivity contribution in [3.05, 3.63) is 24.3 Å². The molecule has 102 valence electrons. The lowest BCUT2D eigenvalue weighted by atomic mass is 10.2. The molecule has 2 amide bonds. The minimum atomic E-state index is -0.137. The average molecular weight is 262 g/mol. The number of carbonyl (C=O) groups excluding carboxylic acids is 1. The maximum absolute atomic E-state index is 11.5. The number of urea groups is 1. The van der Waals surface area contributed by atoms with Gasteiger partial charge in [-0.1, -0.05) is 12.1 Å². The van der Waals surface area contributed by atoms with Gasteiger partial charge in [-0.3, -0.25) is 0 Å². The summed E-state index contributed by atoms with van der Waals surface area (Å²) >= 11 is 0. The van der Waals surface area contributed by atoms with Crippen LogP contribution in [0.15, 0.2) is 24.3 Å². The highest BCUT2D eigenvalue weighted by Crippen LogP contribution is 2.30. The van der Waals surface area contributed by atoms with Crippen molar-refractivity contribution < 1.29 is 14.3 Å². The third kappa shape index (κ3) is 3.30. The molecule has 3 rings (SSSR count). The highest BCUT2D eigenvalue weighted by atomic mass is 16.6. The molecule has 1 saturated carbocycles. The Morgan fingerprint density at radius 3 is 2.68 bits per heavy atom. The molecule has 1 aliphatic carbocycles. The molecule has 1 aliphatic heterocycles. The van der Waals surface area contributed by atoms with E-state index < -0.39 is 0 Å². The van der Waals surface area contributed by atoms with Gasteiger partial charge in [0.1, 0.15) is 6.61 Å². The zero-order valence-electron chi connectivity index (χ0n) is 10.7. The van der Waals surface area contributed by atoms with Gasteiger partial charge < -0.3 is 20.1 Å². The van der Waals surface area contributed by atoms with Gasteiger partial charge in [-0.25, -0.2) is 4.79 Å². The molecular formula is C14H18N2O3. The van der Waals surface area contributed by atoms with Crippen LogP contribution in [-0.4, -0.2) is 31.8 Å². The maximum atomic E-state index is 11.5. The van der Waals surface area contributed by atoms with E-state index >= 15 is 0 Å². The van der Waals surface area contributed by atoms with Crippen LogP contribution in [0.4, 0.5) is 4.79 Å². The standard InChI is InChI=1S/C14H18N2O3/c17-14(15-7-10-5-6-10)16-8-11-9-18-12-3-1-2-4-13(12)19-11/h1-4,10-11H,5-9H2,(H2,15,16,17). The van der Waals surface area contributed by atoms with Gasteiger partial charge in [0.25, 0.3) is 0 Å². The Morgan fingerprint density at radius 2 is 1.89 bits per heavy atom. The zero-order valence-corrected chi connectivity index (χ0v) is 10.7. The quantitative estimate of drug-likeness (QED) is 0.865. The smallest absolute Gasteiger partial charge is 0.314 e. The molecule has 5 heteroatoms. The summed E-state index contributed by atoms with van der Waals surface area (Å²) in [6.45, 7) is 1.68. The van der Waals surface area contributed by atoms with Crippen molar-refractivity contribution in [2.75, 3.05) is 19.7 Å². The molecule has 1 aromatic carbocycles. The fraction of sp³-hybridized carbons (Fsp3) is 0.500. The van der Waals surface area contributed by atoms with E-state index in [1.807, 2.05) is 24.3 Å². The lowest BCUT2D eigenvalue weighted by Crippen LogP contribution is -2.44. The van der Waals surface area contributed by atoms with Crippen LogP contribution in [0.3, 0.4) is 0 Å². The van der Waals surface area contributed by atoms with Crippen molar-refractivity contribution in [3.63, 3.8) is 0 Å². The van der Waals surface area contributed by atoms with Crippen LogP contribution in [0.2, 0.25) is 0 Å². The Balaban J connectivity index is 1.42. The van der Waals surface area contributed by atoms with Crippen LogP contribution in [0.25, 0.3) is 0 Å². The fourth-order valence-electron chi connectivity index (χ4n) is 1.99. The van der Waals surface area contributed by atoms with Crippen LogP contribution in [0.1, 0.15) is 12.8 Å². The number of rotatable bonds is 4. The van der Waals surface area contributed by atoms with Gasteiger partial charge in [0.2, 0.25) is 0 Å². The highest BCUT2D eigenvalue weighted by Gasteiger charge is 2.23. The molecule has 2 aliphatic rings. The van der Waals surface area contributed by atoms with Crippen molar-refractivity contribution >= 4 is 6.03 Å². The van der Waals surface area contributed by atoms with E-state index in [0.29, 0.717) is 19.1 Å². The molecule has 1 heterocycles. The topological polar surface area (TPSA) is 59.6 Å². The summed E-state index contributed by atoms with van der Waals surface area (Å²) in [6, 6.07) is 7.43. The maximum Gasteiger partial charge on any atom is 0.314 e. The van der Waals surface area contributed by atoms with Gasteiger partial charge in [-0.15, -0.1) is 0 Å². The summed E-state index contributed by atoms with van der Waals surface area (Å²) in [5, 5.41) is 5.67. The van der Waals surface area contributed by atoms with Crippen molar-refractivity contribution in [2.45, 2.75) is 18.9 Å². The molecule has 1 unspecified atom stereocenters. The van der Waals surface area contributed by atoms with E-state index in [2.05, 4.69) is 10.6 Å². The zero-order chi connectivity index (χ0) is 13.1. The highest BCUT2D eigenvalue weighted by molar-refractivity contribution is 5.73. The summed E-state index contributed by atoms with van der Waals surface area (Å²) in [6.07, 6.45) is 2.33. The van der Waals surface area contributed by atoms with Crippen LogP contribution in [0.5, 0.6) is 11.5 Å². The van der Waals surface area contributed by atoms with Crippen LogP contribution >= 0.6 is 0 Å². The van der Waals surface area contributed by atoms with E-state index in [4.69, 9.17) is 9.47 Å². The van der Waals surface area contributed by atoms with Crippen molar-refractivity contribution in [2.24, 2.45) is 5.92 Å². The second kappa shape index (κ2) is 5.38. The van der Waals surface area contributed by atoms with Crippen molar-refractivity contribution in [1.29, 1.82) is 0 Å². The number of hydrogen-bond acceptors (Lipinski definition) is 3. The summed E-state index contributed by atoms with van der Waals surface area (Å²) in [5.41, 5.74) is 0. The number of benzene rings is 1.